The molecule has 0 heterocycles. The zero-order valence-corrected chi connectivity index (χ0v) is 16.0. The van der Waals surface area contributed by atoms with Gasteiger partial charge in [-0.3, -0.25) is 9.59 Å². The molecule has 0 aromatic carbocycles. The highest BCUT2D eigenvalue weighted by Crippen LogP contribution is 2.37. The third-order valence-corrected chi connectivity index (χ3v) is 8.75. The van der Waals surface area contributed by atoms with Gasteiger partial charge < -0.3 is 14.5 Å². The molecule has 0 aliphatic heterocycles. The minimum Gasteiger partial charge on any atom is -0.460 e. The van der Waals surface area contributed by atoms with Crippen molar-refractivity contribution in [3.05, 3.63) is 12.7 Å². The Morgan fingerprint density at radius 3 is 2.27 bits per heavy atom. The van der Waals surface area contributed by atoms with Gasteiger partial charge in [-0.15, -0.1) is 0 Å². The van der Waals surface area contributed by atoms with Crippen LogP contribution < -0.4 is 5.32 Å². The number of amides is 1. The van der Waals surface area contributed by atoms with E-state index in [1.54, 1.807) is 0 Å². The van der Waals surface area contributed by atoms with Gasteiger partial charge in [0.15, 0.2) is 8.32 Å². The first kappa shape index (κ1) is 20.9. The van der Waals surface area contributed by atoms with E-state index in [1.165, 1.54) is 6.08 Å². The maximum atomic E-state index is 12.1. The molecule has 22 heavy (non-hydrogen) atoms. The van der Waals surface area contributed by atoms with Crippen LogP contribution in [0.1, 0.15) is 34.6 Å². The van der Waals surface area contributed by atoms with Crippen LogP contribution in [0.2, 0.25) is 18.1 Å². The lowest BCUT2D eigenvalue weighted by atomic mass is 10.1. The van der Waals surface area contributed by atoms with E-state index in [-0.39, 0.29) is 36.1 Å². The van der Waals surface area contributed by atoms with E-state index < -0.39 is 14.3 Å². The number of carbonyl (C=O) groups is 2. The van der Waals surface area contributed by atoms with Crippen molar-refractivity contribution in [3.63, 3.8) is 0 Å². The molecule has 0 saturated carbocycles. The molecule has 0 bridgehead atoms. The molecular formula is C16H31NO4Si. The second kappa shape index (κ2) is 8.48. The third-order valence-electron chi connectivity index (χ3n) is 4.17. The second-order valence-electron chi connectivity index (χ2n) is 7.06. The van der Waals surface area contributed by atoms with Gasteiger partial charge in [0.25, 0.3) is 0 Å². The van der Waals surface area contributed by atoms with Crippen LogP contribution >= 0.6 is 0 Å². The van der Waals surface area contributed by atoms with Gasteiger partial charge in [0.05, 0.1) is 12.0 Å². The molecule has 0 aliphatic rings. The van der Waals surface area contributed by atoms with Gasteiger partial charge in [-0.2, -0.15) is 0 Å². The van der Waals surface area contributed by atoms with Crippen LogP contribution in [0.5, 0.6) is 0 Å². The van der Waals surface area contributed by atoms with E-state index >= 15 is 0 Å². The Labute approximate surface area is 135 Å². The predicted octanol–water partition coefficient (Wildman–Crippen LogP) is 2.88. The Kier molecular flexibility index (Phi) is 8.04. The molecule has 0 aromatic heterocycles. The van der Waals surface area contributed by atoms with Crippen molar-refractivity contribution in [2.75, 3.05) is 13.2 Å². The lowest BCUT2D eigenvalue weighted by molar-refractivity contribution is -0.143. The molecule has 0 fully saturated rings. The average Bonchev–Trinajstić information content (AvgIpc) is 2.39. The highest BCUT2D eigenvalue weighted by molar-refractivity contribution is 6.74. The molecule has 2 atom stereocenters. The van der Waals surface area contributed by atoms with Crippen LogP contribution in [-0.2, 0) is 18.8 Å². The average molecular weight is 330 g/mol. The summed E-state index contributed by atoms with van der Waals surface area (Å²) < 4.78 is 11.0. The highest BCUT2D eigenvalue weighted by Gasteiger charge is 2.39. The Morgan fingerprint density at radius 1 is 1.27 bits per heavy atom. The summed E-state index contributed by atoms with van der Waals surface area (Å²) in [6.07, 6.45) is 1.28. The predicted molar refractivity (Wildman–Crippen MR) is 91.1 cm³/mol. The van der Waals surface area contributed by atoms with Crippen LogP contribution in [0.3, 0.4) is 0 Å². The molecule has 128 valence electrons. The smallest absolute Gasteiger partial charge is 0.325 e. The quantitative estimate of drug-likeness (QED) is 0.422. The lowest BCUT2D eigenvalue weighted by Crippen LogP contribution is -2.47. The number of nitrogens with one attached hydrogen (secondary N) is 1. The number of ether oxygens (including phenoxy) is 1. The normalized spacial score (nSPS) is 14.9. The summed E-state index contributed by atoms with van der Waals surface area (Å²) in [7, 11) is -1.92. The summed E-state index contributed by atoms with van der Waals surface area (Å²) in [6, 6.07) is 0. The van der Waals surface area contributed by atoms with Crippen LogP contribution in [0.15, 0.2) is 12.7 Å². The van der Waals surface area contributed by atoms with Crippen LogP contribution in [0.25, 0.3) is 0 Å². The number of rotatable bonds is 8. The minimum absolute atomic E-state index is 0.0892. The van der Waals surface area contributed by atoms with Crippen molar-refractivity contribution >= 4 is 20.2 Å². The fourth-order valence-electron chi connectivity index (χ4n) is 1.48. The van der Waals surface area contributed by atoms with E-state index in [0.717, 1.165) is 0 Å². The van der Waals surface area contributed by atoms with Gasteiger partial charge in [-0.05, 0) is 25.1 Å². The standard InChI is InChI=1S/C16H31NO4Si/c1-9-10-20-14(18)11-17-15(19)12(2)13(3)21-22(7,8)16(4,5)6/h9,12-13H,1,10-11H2,2-8H3,(H,17,19)/t12-,13+/m0/s1. The first-order chi connectivity index (χ1) is 9.92. The molecule has 0 aliphatic carbocycles. The van der Waals surface area contributed by atoms with E-state index in [4.69, 9.17) is 9.16 Å². The number of hydrogen-bond acceptors (Lipinski definition) is 4. The molecule has 1 amide bonds. The molecule has 1 N–H and O–H groups in total. The zero-order chi connectivity index (χ0) is 17.6. The van der Waals surface area contributed by atoms with Crippen molar-refractivity contribution in [2.24, 2.45) is 5.92 Å². The highest BCUT2D eigenvalue weighted by atomic mass is 28.4. The molecule has 0 saturated heterocycles. The summed E-state index contributed by atoms with van der Waals surface area (Å²) in [5.74, 6) is -1.01. The maximum Gasteiger partial charge on any atom is 0.325 e. The Bertz CT molecular complexity index is 401. The summed E-state index contributed by atoms with van der Waals surface area (Å²) in [5, 5.41) is 2.67. The summed E-state index contributed by atoms with van der Waals surface area (Å²) >= 11 is 0. The summed E-state index contributed by atoms with van der Waals surface area (Å²) in [5.41, 5.74) is 0. The third kappa shape index (κ3) is 6.75. The van der Waals surface area contributed by atoms with Gasteiger partial charge in [0.1, 0.15) is 13.2 Å². The molecule has 5 nitrogen and oxygen atoms in total. The number of esters is 1. The van der Waals surface area contributed by atoms with Crippen LogP contribution in [0.4, 0.5) is 0 Å². The van der Waals surface area contributed by atoms with Crippen molar-refractivity contribution in [3.8, 4) is 0 Å². The first-order valence-corrected chi connectivity index (χ1v) is 10.5. The van der Waals surface area contributed by atoms with Crippen LogP contribution in [0, 0.1) is 5.92 Å². The Hall–Kier alpha value is -1.14. The minimum atomic E-state index is -1.92. The molecule has 0 spiro atoms. The Morgan fingerprint density at radius 2 is 1.82 bits per heavy atom. The lowest BCUT2D eigenvalue weighted by Gasteiger charge is -2.39. The summed E-state index contributed by atoms with van der Waals surface area (Å²) in [6.45, 7) is 18.0. The molecule has 0 aromatic rings. The van der Waals surface area contributed by atoms with Gasteiger partial charge in [-0.25, -0.2) is 0 Å². The van der Waals surface area contributed by atoms with Gasteiger partial charge in [0, 0.05) is 0 Å². The molecule has 0 unspecified atom stereocenters. The second-order valence-corrected chi connectivity index (χ2v) is 11.8. The topological polar surface area (TPSA) is 64.6 Å². The maximum absolute atomic E-state index is 12.1. The number of hydrogen-bond donors (Lipinski definition) is 1. The zero-order valence-electron chi connectivity index (χ0n) is 15.0. The van der Waals surface area contributed by atoms with E-state index in [9.17, 15) is 9.59 Å². The van der Waals surface area contributed by atoms with E-state index in [1.807, 2.05) is 13.8 Å². The summed E-state index contributed by atoms with van der Waals surface area (Å²) in [4.78, 5) is 23.4. The van der Waals surface area contributed by atoms with Gasteiger partial charge in [0.2, 0.25) is 5.91 Å². The first-order valence-electron chi connectivity index (χ1n) is 7.64. The monoisotopic (exact) mass is 329 g/mol. The number of carbonyl (C=O) groups excluding carboxylic acids is 2. The largest absolute Gasteiger partial charge is 0.460 e. The van der Waals surface area contributed by atoms with Gasteiger partial charge >= 0.3 is 5.97 Å². The molecule has 0 radical (unpaired) electrons. The van der Waals surface area contributed by atoms with Crippen LogP contribution in [-0.4, -0.2) is 39.4 Å². The Balaban J connectivity index is 4.44. The van der Waals surface area contributed by atoms with Crippen molar-refractivity contribution in [1.82, 2.24) is 5.32 Å². The molecule has 6 heteroatoms. The van der Waals surface area contributed by atoms with Crippen molar-refractivity contribution in [2.45, 2.75) is 58.9 Å². The van der Waals surface area contributed by atoms with Gasteiger partial charge in [-0.1, -0.05) is 40.3 Å². The fraction of sp³-hybridized carbons (Fsp3) is 0.750. The fourth-order valence-corrected chi connectivity index (χ4v) is 2.97. The van der Waals surface area contributed by atoms with E-state index in [0.29, 0.717) is 0 Å². The SMILES string of the molecule is C=CCOC(=O)CNC(=O)[C@@H](C)[C@@H](C)O[Si](C)(C)C(C)(C)C. The molecular weight excluding hydrogens is 298 g/mol. The van der Waals surface area contributed by atoms with E-state index in [2.05, 4.69) is 45.8 Å². The van der Waals surface area contributed by atoms with Crippen molar-refractivity contribution in [1.29, 1.82) is 0 Å². The molecule has 0 rings (SSSR count). The van der Waals surface area contributed by atoms with Crippen molar-refractivity contribution < 1.29 is 18.8 Å².